The first-order valence-corrected chi connectivity index (χ1v) is 4.05. The molecule has 0 amide bonds. The molecule has 0 spiro atoms. The first kappa shape index (κ1) is 6.85. The van der Waals surface area contributed by atoms with Crippen molar-refractivity contribution >= 4 is 6.29 Å². The fraction of sp³-hybridized carbons (Fsp3) is 0.625. The SMILES string of the molecule is O=CC1NCCN2CCC=C12. The van der Waals surface area contributed by atoms with E-state index in [4.69, 9.17) is 0 Å². The predicted octanol–water partition coefficient (Wildman–Crippen LogP) is -0.253. The summed E-state index contributed by atoms with van der Waals surface area (Å²) < 4.78 is 0. The highest BCUT2D eigenvalue weighted by atomic mass is 16.1. The zero-order valence-corrected chi connectivity index (χ0v) is 6.42. The lowest BCUT2D eigenvalue weighted by molar-refractivity contribution is -0.109. The van der Waals surface area contributed by atoms with Crippen molar-refractivity contribution in [2.24, 2.45) is 0 Å². The fourth-order valence-electron chi connectivity index (χ4n) is 1.77. The number of hydrogen-bond acceptors (Lipinski definition) is 3. The van der Waals surface area contributed by atoms with E-state index >= 15 is 0 Å². The average Bonchev–Trinajstić information content (AvgIpc) is 2.50. The molecule has 1 N–H and O–H groups in total. The predicted molar refractivity (Wildman–Crippen MR) is 42.1 cm³/mol. The smallest absolute Gasteiger partial charge is 0.142 e. The van der Waals surface area contributed by atoms with Gasteiger partial charge in [0.1, 0.15) is 12.3 Å². The number of carbonyl (C=O) groups excluding carboxylic acids is 1. The minimum absolute atomic E-state index is 0.0359. The van der Waals surface area contributed by atoms with Gasteiger partial charge >= 0.3 is 0 Å². The van der Waals surface area contributed by atoms with E-state index in [-0.39, 0.29) is 6.04 Å². The van der Waals surface area contributed by atoms with Crippen LogP contribution < -0.4 is 5.32 Å². The lowest BCUT2D eigenvalue weighted by Crippen LogP contribution is -2.47. The van der Waals surface area contributed by atoms with E-state index in [1.165, 1.54) is 5.70 Å². The lowest BCUT2D eigenvalue weighted by Gasteiger charge is -2.31. The summed E-state index contributed by atoms with van der Waals surface area (Å²) in [6.45, 7) is 3.08. The summed E-state index contributed by atoms with van der Waals surface area (Å²) in [5, 5.41) is 3.16. The Morgan fingerprint density at radius 2 is 2.55 bits per heavy atom. The Balaban J connectivity index is 2.16. The van der Waals surface area contributed by atoms with Gasteiger partial charge in [-0.15, -0.1) is 0 Å². The third-order valence-electron chi connectivity index (χ3n) is 2.32. The zero-order chi connectivity index (χ0) is 7.68. The number of piperazine rings is 1. The molecule has 0 aliphatic carbocycles. The van der Waals surface area contributed by atoms with Crippen LogP contribution in [-0.4, -0.2) is 36.9 Å². The molecule has 60 valence electrons. The van der Waals surface area contributed by atoms with Gasteiger partial charge in [0, 0.05) is 25.3 Å². The van der Waals surface area contributed by atoms with Gasteiger partial charge in [-0.25, -0.2) is 0 Å². The van der Waals surface area contributed by atoms with Gasteiger partial charge in [-0.1, -0.05) is 6.08 Å². The monoisotopic (exact) mass is 152 g/mol. The average molecular weight is 152 g/mol. The second-order valence-corrected chi connectivity index (χ2v) is 2.97. The molecule has 1 saturated heterocycles. The Kier molecular flexibility index (Phi) is 1.66. The lowest BCUT2D eigenvalue weighted by atomic mass is 10.2. The minimum Gasteiger partial charge on any atom is -0.372 e. The molecule has 2 heterocycles. The summed E-state index contributed by atoms with van der Waals surface area (Å²) in [4.78, 5) is 12.9. The van der Waals surface area contributed by atoms with Crippen LogP contribution in [0.5, 0.6) is 0 Å². The van der Waals surface area contributed by atoms with Crippen molar-refractivity contribution < 1.29 is 4.79 Å². The molecule has 3 nitrogen and oxygen atoms in total. The van der Waals surface area contributed by atoms with Crippen LogP contribution in [0.25, 0.3) is 0 Å². The summed E-state index contributed by atoms with van der Waals surface area (Å²) in [6, 6.07) is -0.0359. The Morgan fingerprint density at radius 1 is 1.64 bits per heavy atom. The van der Waals surface area contributed by atoms with Gasteiger partial charge in [0.2, 0.25) is 0 Å². The van der Waals surface area contributed by atoms with E-state index in [0.29, 0.717) is 0 Å². The topological polar surface area (TPSA) is 32.3 Å². The molecular formula is C8H12N2O. The van der Waals surface area contributed by atoms with Crippen LogP contribution in [0.4, 0.5) is 0 Å². The van der Waals surface area contributed by atoms with E-state index in [1.54, 1.807) is 0 Å². The number of rotatable bonds is 1. The summed E-state index contributed by atoms with van der Waals surface area (Å²) in [5.74, 6) is 0. The molecule has 1 fully saturated rings. The van der Waals surface area contributed by atoms with Gasteiger partial charge in [0.25, 0.3) is 0 Å². The minimum atomic E-state index is -0.0359. The second kappa shape index (κ2) is 2.66. The zero-order valence-electron chi connectivity index (χ0n) is 6.42. The number of nitrogens with zero attached hydrogens (tertiary/aromatic N) is 1. The summed E-state index contributed by atoms with van der Waals surface area (Å²) in [6.07, 6.45) is 4.25. The highest BCUT2D eigenvalue weighted by molar-refractivity contribution is 5.63. The van der Waals surface area contributed by atoms with E-state index in [2.05, 4.69) is 16.3 Å². The molecular weight excluding hydrogens is 140 g/mol. The molecule has 2 aliphatic rings. The third-order valence-corrected chi connectivity index (χ3v) is 2.32. The highest BCUT2D eigenvalue weighted by Crippen LogP contribution is 2.19. The quantitative estimate of drug-likeness (QED) is 0.526. The maximum atomic E-state index is 10.6. The number of carbonyl (C=O) groups is 1. The molecule has 1 unspecified atom stereocenters. The Morgan fingerprint density at radius 3 is 3.36 bits per heavy atom. The Labute approximate surface area is 66.1 Å². The van der Waals surface area contributed by atoms with Crippen LogP contribution >= 0.6 is 0 Å². The third kappa shape index (κ3) is 1.05. The molecule has 11 heavy (non-hydrogen) atoms. The summed E-state index contributed by atoms with van der Waals surface area (Å²) in [5.41, 5.74) is 1.19. The number of aldehydes is 1. The normalized spacial score (nSPS) is 29.6. The first-order chi connectivity index (χ1) is 5.42. The van der Waals surface area contributed by atoms with Gasteiger partial charge in [0.05, 0.1) is 0 Å². The maximum Gasteiger partial charge on any atom is 0.142 e. The van der Waals surface area contributed by atoms with Crippen molar-refractivity contribution in [2.75, 3.05) is 19.6 Å². The molecule has 0 saturated carbocycles. The summed E-state index contributed by atoms with van der Waals surface area (Å²) >= 11 is 0. The second-order valence-electron chi connectivity index (χ2n) is 2.97. The van der Waals surface area contributed by atoms with Crippen molar-refractivity contribution in [3.8, 4) is 0 Å². The van der Waals surface area contributed by atoms with Crippen molar-refractivity contribution in [2.45, 2.75) is 12.5 Å². The highest BCUT2D eigenvalue weighted by Gasteiger charge is 2.26. The van der Waals surface area contributed by atoms with Crippen LogP contribution in [0.3, 0.4) is 0 Å². The van der Waals surface area contributed by atoms with Gasteiger partial charge in [-0.05, 0) is 6.42 Å². The van der Waals surface area contributed by atoms with E-state index < -0.39 is 0 Å². The molecule has 0 aromatic carbocycles. The van der Waals surface area contributed by atoms with E-state index in [1.807, 2.05) is 0 Å². The Hall–Kier alpha value is -0.830. The molecule has 0 aromatic rings. The molecule has 2 aliphatic heterocycles. The number of hydrogen-bond donors (Lipinski definition) is 1. The van der Waals surface area contributed by atoms with Crippen molar-refractivity contribution in [3.63, 3.8) is 0 Å². The van der Waals surface area contributed by atoms with Crippen LogP contribution in [0.2, 0.25) is 0 Å². The largest absolute Gasteiger partial charge is 0.372 e. The fourth-order valence-corrected chi connectivity index (χ4v) is 1.77. The van der Waals surface area contributed by atoms with Crippen LogP contribution in [0.1, 0.15) is 6.42 Å². The van der Waals surface area contributed by atoms with Crippen molar-refractivity contribution in [3.05, 3.63) is 11.8 Å². The molecule has 2 rings (SSSR count). The maximum absolute atomic E-state index is 10.6. The first-order valence-electron chi connectivity index (χ1n) is 4.05. The summed E-state index contributed by atoms with van der Waals surface area (Å²) in [7, 11) is 0. The van der Waals surface area contributed by atoms with Crippen LogP contribution in [0.15, 0.2) is 11.8 Å². The van der Waals surface area contributed by atoms with Crippen molar-refractivity contribution in [1.82, 2.24) is 10.2 Å². The van der Waals surface area contributed by atoms with E-state index in [9.17, 15) is 4.79 Å². The number of fused-ring (bicyclic) bond motifs is 1. The molecule has 0 aromatic heterocycles. The molecule has 0 radical (unpaired) electrons. The van der Waals surface area contributed by atoms with Crippen LogP contribution in [-0.2, 0) is 4.79 Å². The molecule has 1 atom stereocenters. The molecule has 3 heteroatoms. The van der Waals surface area contributed by atoms with Gasteiger partial charge in [0.15, 0.2) is 0 Å². The van der Waals surface area contributed by atoms with Gasteiger partial charge in [-0.2, -0.15) is 0 Å². The van der Waals surface area contributed by atoms with Crippen LogP contribution in [0, 0.1) is 0 Å². The standard InChI is InChI=1S/C8H12N2O/c11-6-7-8-2-1-4-10(8)5-3-9-7/h2,6-7,9H,1,3-5H2. The Bertz CT molecular complexity index is 200. The van der Waals surface area contributed by atoms with Gasteiger partial charge < -0.3 is 15.0 Å². The van der Waals surface area contributed by atoms with Gasteiger partial charge in [-0.3, -0.25) is 0 Å². The van der Waals surface area contributed by atoms with E-state index in [0.717, 1.165) is 32.3 Å². The number of nitrogens with one attached hydrogen (secondary N) is 1. The van der Waals surface area contributed by atoms with Crippen molar-refractivity contribution in [1.29, 1.82) is 0 Å². The molecule has 0 bridgehead atoms.